The van der Waals surface area contributed by atoms with E-state index in [1.165, 1.54) is 6.92 Å². The smallest absolute Gasteiger partial charge is 0.437 e. The van der Waals surface area contributed by atoms with E-state index < -0.39 is 24.4 Å². The molecule has 0 saturated carbocycles. The lowest BCUT2D eigenvalue weighted by molar-refractivity contribution is -0.155. The highest BCUT2D eigenvalue weighted by atomic mass is 16.5. The maximum atomic E-state index is 11.9. The van der Waals surface area contributed by atoms with Crippen molar-refractivity contribution >= 4 is 11.9 Å². The van der Waals surface area contributed by atoms with Gasteiger partial charge in [0, 0.05) is 12.1 Å². The fourth-order valence-electron chi connectivity index (χ4n) is 1.91. The van der Waals surface area contributed by atoms with Gasteiger partial charge in [0.1, 0.15) is 6.54 Å². The van der Waals surface area contributed by atoms with Gasteiger partial charge in [-0.15, -0.1) is 5.10 Å². The molecule has 0 radical (unpaired) electrons. The minimum Gasteiger partial charge on any atom is -0.451 e. The molecule has 0 unspecified atom stereocenters. The fourth-order valence-corrected chi connectivity index (χ4v) is 1.91. The molecule has 1 heterocycles. The highest BCUT2D eigenvalue weighted by Crippen LogP contribution is 2.13. The first-order valence-electron chi connectivity index (χ1n) is 7.61. The van der Waals surface area contributed by atoms with Crippen LogP contribution in [0.1, 0.15) is 20.3 Å². The van der Waals surface area contributed by atoms with Crippen LogP contribution in [0.2, 0.25) is 0 Å². The molecular formula is C16H19N3O5. The summed E-state index contributed by atoms with van der Waals surface area (Å²) in [7, 11) is 0. The Morgan fingerprint density at radius 1 is 1.33 bits per heavy atom. The molecule has 1 aromatic heterocycles. The molecule has 0 spiro atoms. The molecule has 8 nitrogen and oxygen atoms in total. The number of nitrogens with zero attached hydrogens (tertiary/aromatic N) is 2. The first kappa shape index (κ1) is 17.5. The van der Waals surface area contributed by atoms with Crippen LogP contribution in [0.15, 0.2) is 39.5 Å². The van der Waals surface area contributed by atoms with E-state index in [-0.39, 0.29) is 11.8 Å². The number of nitrogens with one attached hydrogen (secondary N) is 1. The van der Waals surface area contributed by atoms with E-state index in [9.17, 15) is 14.4 Å². The average molecular weight is 333 g/mol. The van der Waals surface area contributed by atoms with Gasteiger partial charge in [-0.25, -0.2) is 4.79 Å². The number of carbonyl (C=O) groups is 2. The predicted octanol–water partition coefficient (Wildman–Crippen LogP) is 0.961. The Hall–Kier alpha value is -2.90. The maximum Gasteiger partial charge on any atom is 0.437 e. The van der Waals surface area contributed by atoms with E-state index >= 15 is 0 Å². The number of amides is 1. The standard InChI is InChI=1S/C16H19N3O5/c1-3-9-17-14(21)11(2)23-13(20)10-19-16(22)24-15(18-19)12-7-5-4-6-8-12/h4-8,11H,3,9-10H2,1-2H3,(H,17,21)/t11-/m0/s1. The lowest BCUT2D eigenvalue weighted by Crippen LogP contribution is -2.37. The van der Waals surface area contributed by atoms with Crippen molar-refractivity contribution < 1.29 is 18.7 Å². The summed E-state index contributed by atoms with van der Waals surface area (Å²) in [6, 6.07) is 8.83. The third-order valence-electron chi connectivity index (χ3n) is 3.13. The third-order valence-corrected chi connectivity index (χ3v) is 3.13. The van der Waals surface area contributed by atoms with E-state index in [2.05, 4.69) is 10.4 Å². The predicted molar refractivity (Wildman–Crippen MR) is 85.1 cm³/mol. The number of hydrogen-bond donors (Lipinski definition) is 1. The van der Waals surface area contributed by atoms with Crippen molar-refractivity contribution in [3.05, 3.63) is 40.9 Å². The summed E-state index contributed by atoms with van der Waals surface area (Å²) in [6.45, 7) is 3.45. The number of carbonyl (C=O) groups excluding carboxylic acids is 2. The van der Waals surface area contributed by atoms with Gasteiger partial charge in [0.25, 0.3) is 5.91 Å². The van der Waals surface area contributed by atoms with Gasteiger partial charge in [0.05, 0.1) is 0 Å². The van der Waals surface area contributed by atoms with Crippen molar-refractivity contribution in [2.45, 2.75) is 32.9 Å². The number of benzene rings is 1. The summed E-state index contributed by atoms with van der Waals surface area (Å²) in [5.74, 6) is -1.79. The summed E-state index contributed by atoms with van der Waals surface area (Å²) in [5.41, 5.74) is 0.619. The van der Waals surface area contributed by atoms with Gasteiger partial charge < -0.3 is 14.5 Å². The Kier molecular flexibility index (Phi) is 5.89. The molecule has 2 rings (SSSR count). The first-order valence-corrected chi connectivity index (χ1v) is 7.61. The number of hydrogen-bond acceptors (Lipinski definition) is 6. The van der Waals surface area contributed by atoms with Gasteiger partial charge in [0.2, 0.25) is 5.89 Å². The summed E-state index contributed by atoms with van der Waals surface area (Å²) in [6.07, 6.45) is -0.163. The minimum atomic E-state index is -0.944. The molecule has 0 bridgehead atoms. The molecule has 0 aliphatic carbocycles. The zero-order valence-electron chi connectivity index (χ0n) is 13.5. The number of rotatable bonds is 7. The molecule has 128 valence electrons. The number of aromatic nitrogens is 2. The van der Waals surface area contributed by atoms with Gasteiger partial charge in [0.15, 0.2) is 6.10 Å². The van der Waals surface area contributed by atoms with Crippen LogP contribution in [-0.2, 0) is 20.9 Å². The van der Waals surface area contributed by atoms with Crippen LogP contribution in [0.4, 0.5) is 0 Å². The zero-order chi connectivity index (χ0) is 17.5. The molecular weight excluding hydrogens is 314 g/mol. The van der Waals surface area contributed by atoms with Gasteiger partial charge in [-0.2, -0.15) is 4.68 Å². The van der Waals surface area contributed by atoms with E-state index in [0.29, 0.717) is 12.1 Å². The van der Waals surface area contributed by atoms with Gasteiger partial charge in [-0.1, -0.05) is 25.1 Å². The van der Waals surface area contributed by atoms with E-state index in [4.69, 9.17) is 9.15 Å². The van der Waals surface area contributed by atoms with Crippen LogP contribution < -0.4 is 11.1 Å². The van der Waals surface area contributed by atoms with Crippen molar-refractivity contribution in [3.8, 4) is 11.5 Å². The van der Waals surface area contributed by atoms with Crippen LogP contribution in [-0.4, -0.2) is 34.3 Å². The molecule has 0 fully saturated rings. The monoisotopic (exact) mass is 333 g/mol. The third kappa shape index (κ3) is 4.55. The number of esters is 1. The molecule has 0 aliphatic heterocycles. The number of ether oxygens (including phenoxy) is 1. The second-order valence-electron chi connectivity index (χ2n) is 5.12. The Balaban J connectivity index is 1.98. The van der Waals surface area contributed by atoms with Crippen molar-refractivity contribution in [3.63, 3.8) is 0 Å². The zero-order valence-corrected chi connectivity index (χ0v) is 13.5. The molecule has 1 N–H and O–H groups in total. The minimum absolute atomic E-state index is 0.113. The highest BCUT2D eigenvalue weighted by molar-refractivity contribution is 5.83. The first-order chi connectivity index (χ1) is 11.5. The van der Waals surface area contributed by atoms with Gasteiger partial charge in [-0.05, 0) is 25.5 Å². The van der Waals surface area contributed by atoms with E-state index in [0.717, 1.165) is 11.1 Å². The largest absolute Gasteiger partial charge is 0.451 e. The van der Waals surface area contributed by atoms with E-state index in [1.54, 1.807) is 24.3 Å². The Morgan fingerprint density at radius 3 is 2.71 bits per heavy atom. The molecule has 8 heteroatoms. The van der Waals surface area contributed by atoms with Crippen molar-refractivity contribution in [1.29, 1.82) is 0 Å². The lowest BCUT2D eigenvalue weighted by Gasteiger charge is -2.12. The molecule has 1 amide bonds. The lowest BCUT2D eigenvalue weighted by atomic mass is 10.2. The summed E-state index contributed by atoms with van der Waals surface area (Å²) in [5, 5.41) is 6.58. The summed E-state index contributed by atoms with van der Waals surface area (Å²) in [4.78, 5) is 35.3. The van der Waals surface area contributed by atoms with Gasteiger partial charge >= 0.3 is 11.7 Å². The van der Waals surface area contributed by atoms with E-state index in [1.807, 2.05) is 13.0 Å². The maximum absolute atomic E-state index is 11.9. The summed E-state index contributed by atoms with van der Waals surface area (Å²) < 4.78 is 10.9. The van der Waals surface area contributed by atoms with Crippen molar-refractivity contribution in [2.24, 2.45) is 0 Å². The molecule has 0 aliphatic rings. The summed E-state index contributed by atoms with van der Waals surface area (Å²) >= 11 is 0. The SMILES string of the molecule is CCCNC(=O)[C@H](C)OC(=O)Cn1nc(-c2ccccc2)oc1=O. The Morgan fingerprint density at radius 2 is 2.04 bits per heavy atom. The Bertz CT molecular complexity index is 751. The van der Waals surface area contributed by atoms with Gasteiger partial charge in [-0.3, -0.25) is 9.59 Å². The highest BCUT2D eigenvalue weighted by Gasteiger charge is 2.19. The molecule has 2 aromatic rings. The van der Waals surface area contributed by atoms with Crippen LogP contribution in [0.25, 0.3) is 11.5 Å². The average Bonchev–Trinajstić information content (AvgIpc) is 2.94. The topological polar surface area (TPSA) is 103 Å². The molecule has 1 atom stereocenters. The van der Waals surface area contributed by atoms with Crippen LogP contribution in [0.3, 0.4) is 0 Å². The normalized spacial score (nSPS) is 11.8. The fraction of sp³-hybridized carbons (Fsp3) is 0.375. The van der Waals surface area contributed by atoms with Crippen LogP contribution in [0.5, 0.6) is 0 Å². The Labute approximate surface area is 138 Å². The second kappa shape index (κ2) is 8.09. The van der Waals surface area contributed by atoms with Crippen LogP contribution in [0, 0.1) is 0 Å². The molecule has 0 saturated heterocycles. The quantitative estimate of drug-likeness (QED) is 0.757. The van der Waals surface area contributed by atoms with Crippen molar-refractivity contribution in [1.82, 2.24) is 15.1 Å². The molecule has 1 aromatic carbocycles. The van der Waals surface area contributed by atoms with Crippen LogP contribution >= 0.6 is 0 Å². The molecule has 24 heavy (non-hydrogen) atoms. The van der Waals surface area contributed by atoms with Crippen molar-refractivity contribution in [2.75, 3.05) is 6.54 Å². The second-order valence-corrected chi connectivity index (χ2v) is 5.12.